The molecule has 0 spiro atoms. The van der Waals surface area contributed by atoms with Gasteiger partial charge in [-0.3, -0.25) is 11.3 Å². The second-order valence-corrected chi connectivity index (χ2v) is 5.69. The molecule has 0 aromatic heterocycles. The molecule has 0 saturated carbocycles. The van der Waals surface area contributed by atoms with Crippen LogP contribution in [0.4, 0.5) is 0 Å². The number of hydrogen-bond acceptors (Lipinski definition) is 3. The summed E-state index contributed by atoms with van der Waals surface area (Å²) >= 11 is 1.89. The van der Waals surface area contributed by atoms with Crippen LogP contribution in [-0.2, 0) is 0 Å². The Bertz CT molecular complexity index is 482. The van der Waals surface area contributed by atoms with Gasteiger partial charge in [0.15, 0.2) is 0 Å². The van der Waals surface area contributed by atoms with E-state index in [-0.39, 0.29) is 6.04 Å². The number of benzene rings is 2. The highest BCUT2D eigenvalue weighted by atomic mass is 32.2. The van der Waals surface area contributed by atoms with Gasteiger partial charge in [-0.15, -0.1) is 0 Å². The van der Waals surface area contributed by atoms with E-state index in [0.29, 0.717) is 0 Å². The van der Waals surface area contributed by atoms with Crippen molar-refractivity contribution >= 4 is 11.8 Å². The number of nitrogens with one attached hydrogen (secondary N) is 1. The lowest BCUT2D eigenvalue weighted by Crippen LogP contribution is -2.29. The lowest BCUT2D eigenvalue weighted by atomic mass is 10.0. The van der Waals surface area contributed by atoms with E-state index in [1.165, 1.54) is 16.7 Å². The van der Waals surface area contributed by atoms with E-state index in [1.54, 1.807) is 0 Å². The van der Waals surface area contributed by atoms with Gasteiger partial charge in [0, 0.05) is 5.75 Å². The van der Waals surface area contributed by atoms with Crippen molar-refractivity contribution in [3.05, 3.63) is 60.2 Å². The van der Waals surface area contributed by atoms with Crippen LogP contribution in [0.15, 0.2) is 54.6 Å². The zero-order valence-corrected chi connectivity index (χ0v) is 12.0. The molecule has 19 heavy (non-hydrogen) atoms. The van der Waals surface area contributed by atoms with E-state index in [2.05, 4.69) is 60.9 Å². The number of hydrazine groups is 1. The molecule has 2 nitrogen and oxygen atoms in total. The van der Waals surface area contributed by atoms with Crippen LogP contribution in [0.2, 0.25) is 0 Å². The smallest absolute Gasteiger partial charge is 0.0550 e. The van der Waals surface area contributed by atoms with Crippen molar-refractivity contribution in [2.75, 3.05) is 11.5 Å². The van der Waals surface area contributed by atoms with Gasteiger partial charge in [0.2, 0.25) is 0 Å². The lowest BCUT2D eigenvalue weighted by molar-refractivity contribution is 0.611. The normalized spacial score (nSPS) is 12.3. The highest BCUT2D eigenvalue weighted by Gasteiger charge is 2.09. The molecule has 1 unspecified atom stereocenters. The van der Waals surface area contributed by atoms with Crippen molar-refractivity contribution in [2.24, 2.45) is 5.84 Å². The van der Waals surface area contributed by atoms with Crippen molar-refractivity contribution in [1.29, 1.82) is 0 Å². The van der Waals surface area contributed by atoms with E-state index >= 15 is 0 Å². The Hall–Kier alpha value is -1.29. The summed E-state index contributed by atoms with van der Waals surface area (Å²) in [7, 11) is 0. The fourth-order valence-corrected chi connectivity index (χ4v) is 2.77. The fourth-order valence-electron chi connectivity index (χ4n) is 2.01. The van der Waals surface area contributed by atoms with Crippen molar-refractivity contribution in [3.8, 4) is 11.1 Å². The molecule has 0 fully saturated rings. The van der Waals surface area contributed by atoms with Crippen LogP contribution in [0, 0.1) is 0 Å². The summed E-state index contributed by atoms with van der Waals surface area (Å²) in [5.74, 6) is 7.74. The Balaban J connectivity index is 2.13. The Morgan fingerprint density at radius 1 is 1.00 bits per heavy atom. The summed E-state index contributed by atoms with van der Waals surface area (Å²) in [5.41, 5.74) is 6.61. The molecule has 3 N–H and O–H groups in total. The molecule has 0 heterocycles. The fraction of sp³-hybridized carbons (Fsp3) is 0.250. The molecule has 0 bridgehead atoms. The maximum Gasteiger partial charge on any atom is 0.0550 e. The van der Waals surface area contributed by atoms with Gasteiger partial charge >= 0.3 is 0 Å². The van der Waals surface area contributed by atoms with E-state index in [9.17, 15) is 0 Å². The van der Waals surface area contributed by atoms with Gasteiger partial charge < -0.3 is 0 Å². The van der Waals surface area contributed by atoms with Gasteiger partial charge in [-0.05, 0) is 22.4 Å². The molecular formula is C16H20N2S. The van der Waals surface area contributed by atoms with Crippen LogP contribution in [-0.4, -0.2) is 11.5 Å². The zero-order valence-electron chi connectivity index (χ0n) is 11.2. The summed E-state index contributed by atoms with van der Waals surface area (Å²) in [6.07, 6.45) is 0. The molecule has 0 aliphatic carbocycles. The molecule has 0 aliphatic rings. The summed E-state index contributed by atoms with van der Waals surface area (Å²) in [4.78, 5) is 0. The number of thioether (sulfide) groups is 1. The van der Waals surface area contributed by atoms with Crippen molar-refractivity contribution in [1.82, 2.24) is 5.43 Å². The highest BCUT2D eigenvalue weighted by molar-refractivity contribution is 7.99. The average molecular weight is 272 g/mol. The first kappa shape index (κ1) is 14.1. The molecule has 1 atom stereocenters. The molecule has 100 valence electrons. The predicted molar refractivity (Wildman–Crippen MR) is 84.9 cm³/mol. The Kier molecular flexibility index (Phi) is 5.45. The first-order valence-corrected chi connectivity index (χ1v) is 7.70. The minimum atomic E-state index is 0.217. The molecule has 0 saturated heterocycles. The molecule has 2 aromatic carbocycles. The molecule has 2 rings (SSSR count). The van der Waals surface area contributed by atoms with Gasteiger partial charge in [-0.25, -0.2) is 0 Å². The SMILES string of the molecule is CCSCC(NN)c1ccc(-c2ccccc2)cc1. The highest BCUT2D eigenvalue weighted by Crippen LogP contribution is 2.23. The number of hydrogen-bond donors (Lipinski definition) is 2. The maximum absolute atomic E-state index is 5.63. The standard InChI is InChI=1S/C16H20N2S/c1-2-19-12-16(18-17)15-10-8-14(9-11-15)13-6-4-3-5-7-13/h3-11,16,18H,2,12,17H2,1H3. The van der Waals surface area contributed by atoms with Crippen LogP contribution < -0.4 is 11.3 Å². The molecule has 0 amide bonds. The molecule has 2 aromatic rings. The van der Waals surface area contributed by atoms with Crippen LogP contribution in [0.25, 0.3) is 11.1 Å². The Labute approximate surface area is 119 Å². The molecule has 3 heteroatoms. The van der Waals surface area contributed by atoms with E-state index in [4.69, 9.17) is 5.84 Å². The summed E-state index contributed by atoms with van der Waals surface area (Å²) < 4.78 is 0. The summed E-state index contributed by atoms with van der Waals surface area (Å²) in [6.45, 7) is 2.16. The minimum Gasteiger partial charge on any atom is -0.271 e. The molecular weight excluding hydrogens is 252 g/mol. The van der Waals surface area contributed by atoms with Crippen molar-refractivity contribution in [3.63, 3.8) is 0 Å². The second kappa shape index (κ2) is 7.34. The zero-order chi connectivity index (χ0) is 13.5. The third kappa shape index (κ3) is 3.83. The molecule has 0 aliphatic heterocycles. The van der Waals surface area contributed by atoms with Gasteiger partial charge in [0.05, 0.1) is 6.04 Å². The monoisotopic (exact) mass is 272 g/mol. The first-order chi connectivity index (χ1) is 9.35. The third-order valence-electron chi connectivity index (χ3n) is 3.11. The third-order valence-corrected chi connectivity index (χ3v) is 4.09. The molecule has 0 radical (unpaired) electrons. The van der Waals surface area contributed by atoms with Gasteiger partial charge in [0.25, 0.3) is 0 Å². The second-order valence-electron chi connectivity index (χ2n) is 4.37. The van der Waals surface area contributed by atoms with Crippen LogP contribution in [0.1, 0.15) is 18.5 Å². The first-order valence-electron chi connectivity index (χ1n) is 6.54. The van der Waals surface area contributed by atoms with E-state index in [0.717, 1.165) is 11.5 Å². The largest absolute Gasteiger partial charge is 0.271 e. The Morgan fingerprint density at radius 3 is 2.21 bits per heavy atom. The van der Waals surface area contributed by atoms with E-state index in [1.807, 2.05) is 17.8 Å². The average Bonchev–Trinajstić information content (AvgIpc) is 2.49. The predicted octanol–water partition coefficient (Wildman–Crippen LogP) is 3.61. The van der Waals surface area contributed by atoms with Gasteiger partial charge in [-0.2, -0.15) is 11.8 Å². The van der Waals surface area contributed by atoms with Crippen molar-refractivity contribution in [2.45, 2.75) is 13.0 Å². The van der Waals surface area contributed by atoms with Gasteiger partial charge in [-0.1, -0.05) is 61.5 Å². The number of nitrogens with two attached hydrogens (primary N) is 1. The summed E-state index contributed by atoms with van der Waals surface area (Å²) in [5, 5.41) is 0. The van der Waals surface area contributed by atoms with Crippen LogP contribution >= 0.6 is 11.8 Å². The van der Waals surface area contributed by atoms with Crippen LogP contribution in [0.5, 0.6) is 0 Å². The van der Waals surface area contributed by atoms with Crippen LogP contribution in [0.3, 0.4) is 0 Å². The quantitative estimate of drug-likeness (QED) is 0.623. The minimum absolute atomic E-state index is 0.217. The van der Waals surface area contributed by atoms with Crippen molar-refractivity contribution < 1.29 is 0 Å². The van der Waals surface area contributed by atoms with Gasteiger partial charge in [0.1, 0.15) is 0 Å². The summed E-state index contributed by atoms with van der Waals surface area (Å²) in [6, 6.07) is 19.3. The topological polar surface area (TPSA) is 38.0 Å². The Morgan fingerprint density at radius 2 is 1.63 bits per heavy atom. The van der Waals surface area contributed by atoms with E-state index < -0.39 is 0 Å². The number of rotatable bonds is 6. The lowest BCUT2D eigenvalue weighted by Gasteiger charge is -2.16. The maximum atomic E-state index is 5.63.